The lowest BCUT2D eigenvalue weighted by Crippen LogP contribution is -1.97. The molecule has 2 aromatic carbocycles. The average molecular weight is 345 g/mol. The van der Waals surface area contributed by atoms with Gasteiger partial charge in [-0.15, -0.1) is 0 Å². The third-order valence-electron chi connectivity index (χ3n) is 3.96. The number of rotatable bonds is 8. The number of benzene rings is 2. The molecule has 0 radical (unpaired) electrons. The van der Waals surface area contributed by atoms with Gasteiger partial charge < -0.3 is 9.15 Å². The smallest absolute Gasteiger partial charge is 0.273 e. The molecule has 0 aliphatic carbocycles. The van der Waals surface area contributed by atoms with Crippen LogP contribution in [0.2, 0.25) is 0 Å². The van der Waals surface area contributed by atoms with Crippen molar-refractivity contribution in [2.24, 2.45) is 0 Å². The van der Waals surface area contributed by atoms with Crippen molar-refractivity contribution >= 4 is 0 Å². The van der Waals surface area contributed by atoms with Gasteiger partial charge in [0.25, 0.3) is 5.89 Å². The number of aromatic nitrogens is 1. The molecule has 0 saturated carbocycles. The number of ether oxygens (including phenoxy) is 1. The van der Waals surface area contributed by atoms with Crippen LogP contribution in [0.3, 0.4) is 0 Å². The van der Waals surface area contributed by atoms with E-state index < -0.39 is 0 Å². The summed E-state index contributed by atoms with van der Waals surface area (Å²) in [4.78, 5) is 4.41. The molecule has 0 aliphatic heterocycles. The Balaban J connectivity index is 1.33. The number of hydrogen-bond donors (Lipinski definition) is 0. The van der Waals surface area contributed by atoms with Gasteiger partial charge >= 0.3 is 0 Å². The summed E-state index contributed by atoms with van der Waals surface area (Å²) in [5.41, 5.74) is 3.42. The molecule has 3 heteroatoms. The maximum absolute atomic E-state index is 5.68. The van der Waals surface area contributed by atoms with E-state index >= 15 is 0 Å². The van der Waals surface area contributed by atoms with E-state index in [2.05, 4.69) is 41.1 Å². The van der Waals surface area contributed by atoms with E-state index in [9.17, 15) is 0 Å². The van der Waals surface area contributed by atoms with E-state index in [0.717, 1.165) is 31.4 Å². The molecule has 1 heterocycles. The van der Waals surface area contributed by atoms with Gasteiger partial charge in [-0.1, -0.05) is 66.6 Å². The Morgan fingerprint density at radius 2 is 1.62 bits per heavy atom. The summed E-state index contributed by atoms with van der Waals surface area (Å²) >= 11 is 0. The summed E-state index contributed by atoms with van der Waals surface area (Å²) in [5.74, 6) is 6.62. The minimum atomic E-state index is 0.498. The van der Waals surface area contributed by atoms with Gasteiger partial charge in [-0.2, -0.15) is 0 Å². The standard InChI is InChI=1S/C23H23NO2/c1-3-10-20(11-4-1)12-7-8-16-23-24-22(19-26-23)15-9-17-25-18-21-13-5-2-6-14-21/h1-6,10-11,13-14,19H,7,9,12,15,17-18H2. The van der Waals surface area contributed by atoms with Crippen LogP contribution in [-0.2, 0) is 24.2 Å². The fourth-order valence-electron chi connectivity index (χ4n) is 2.59. The molecule has 26 heavy (non-hydrogen) atoms. The fourth-order valence-corrected chi connectivity index (χ4v) is 2.59. The van der Waals surface area contributed by atoms with Crippen molar-refractivity contribution < 1.29 is 9.15 Å². The molecule has 0 amide bonds. The zero-order valence-electron chi connectivity index (χ0n) is 14.9. The molecule has 132 valence electrons. The SMILES string of the molecule is C(#Cc1nc(CCCOCc2ccccc2)co1)CCc1ccccc1. The van der Waals surface area contributed by atoms with Crippen LogP contribution in [0.25, 0.3) is 0 Å². The number of oxazole rings is 1. The fraction of sp³-hybridized carbons (Fsp3) is 0.261. The average Bonchev–Trinajstić information content (AvgIpc) is 3.14. The summed E-state index contributed by atoms with van der Waals surface area (Å²) in [6, 6.07) is 20.6. The Morgan fingerprint density at radius 1 is 0.885 bits per heavy atom. The second-order valence-electron chi connectivity index (χ2n) is 6.07. The molecule has 0 bridgehead atoms. The van der Waals surface area contributed by atoms with Gasteiger partial charge in [-0.05, 0) is 36.3 Å². The summed E-state index contributed by atoms with van der Waals surface area (Å²) in [6.07, 6.45) is 5.19. The van der Waals surface area contributed by atoms with Crippen LogP contribution in [0.5, 0.6) is 0 Å². The third kappa shape index (κ3) is 6.23. The summed E-state index contributed by atoms with van der Waals surface area (Å²) in [6.45, 7) is 1.36. The van der Waals surface area contributed by atoms with Crippen LogP contribution in [-0.4, -0.2) is 11.6 Å². The Bertz CT molecular complexity index is 829. The molecule has 0 atom stereocenters. The minimum Gasteiger partial charge on any atom is -0.438 e. The lowest BCUT2D eigenvalue weighted by atomic mass is 10.1. The molecule has 0 fully saturated rings. The lowest BCUT2D eigenvalue weighted by Gasteiger charge is -2.03. The van der Waals surface area contributed by atoms with Crippen molar-refractivity contribution in [3.05, 3.63) is 89.6 Å². The molecule has 3 aromatic rings. The first kappa shape index (κ1) is 18.0. The maximum Gasteiger partial charge on any atom is 0.273 e. The first-order valence-electron chi connectivity index (χ1n) is 8.99. The highest BCUT2D eigenvalue weighted by Crippen LogP contribution is 2.06. The van der Waals surface area contributed by atoms with E-state index in [0.29, 0.717) is 19.1 Å². The number of hydrogen-bond acceptors (Lipinski definition) is 3. The van der Waals surface area contributed by atoms with Crippen molar-refractivity contribution in [3.63, 3.8) is 0 Å². The van der Waals surface area contributed by atoms with Crippen LogP contribution in [0.15, 0.2) is 71.3 Å². The van der Waals surface area contributed by atoms with E-state index in [1.54, 1.807) is 6.26 Å². The van der Waals surface area contributed by atoms with Gasteiger partial charge in [0.2, 0.25) is 0 Å². The molecule has 3 nitrogen and oxygen atoms in total. The molecule has 0 N–H and O–H groups in total. The lowest BCUT2D eigenvalue weighted by molar-refractivity contribution is 0.118. The van der Waals surface area contributed by atoms with Crippen molar-refractivity contribution in [1.82, 2.24) is 4.98 Å². The summed E-state index contributed by atoms with van der Waals surface area (Å²) in [5, 5.41) is 0. The van der Waals surface area contributed by atoms with Crippen LogP contribution < -0.4 is 0 Å². The first-order chi connectivity index (χ1) is 12.9. The van der Waals surface area contributed by atoms with Gasteiger partial charge in [-0.3, -0.25) is 0 Å². The van der Waals surface area contributed by atoms with Crippen molar-refractivity contribution in [2.45, 2.75) is 32.3 Å². The highest BCUT2D eigenvalue weighted by molar-refractivity contribution is 5.21. The van der Waals surface area contributed by atoms with Gasteiger partial charge in [0.15, 0.2) is 0 Å². The van der Waals surface area contributed by atoms with Crippen molar-refractivity contribution in [3.8, 4) is 11.8 Å². The second kappa shape index (κ2) is 10.2. The first-order valence-corrected chi connectivity index (χ1v) is 8.99. The Kier molecular flexibility index (Phi) is 7.07. The van der Waals surface area contributed by atoms with Crippen LogP contribution in [0.4, 0.5) is 0 Å². The predicted molar refractivity (Wildman–Crippen MR) is 103 cm³/mol. The van der Waals surface area contributed by atoms with Gasteiger partial charge in [0.05, 0.1) is 12.3 Å². The topological polar surface area (TPSA) is 35.3 Å². The third-order valence-corrected chi connectivity index (χ3v) is 3.96. The van der Waals surface area contributed by atoms with Crippen molar-refractivity contribution in [2.75, 3.05) is 6.61 Å². The van der Waals surface area contributed by atoms with E-state index in [-0.39, 0.29) is 0 Å². The van der Waals surface area contributed by atoms with Crippen LogP contribution in [0, 0.1) is 11.8 Å². The molecular weight excluding hydrogens is 322 g/mol. The molecular formula is C23H23NO2. The normalized spacial score (nSPS) is 10.3. The largest absolute Gasteiger partial charge is 0.438 e. The Morgan fingerprint density at radius 3 is 2.38 bits per heavy atom. The van der Waals surface area contributed by atoms with Crippen molar-refractivity contribution in [1.29, 1.82) is 0 Å². The molecule has 0 spiro atoms. The maximum atomic E-state index is 5.68. The van der Waals surface area contributed by atoms with Gasteiger partial charge in [0, 0.05) is 13.0 Å². The summed E-state index contributed by atoms with van der Waals surface area (Å²) < 4.78 is 11.1. The zero-order valence-corrected chi connectivity index (χ0v) is 14.9. The van der Waals surface area contributed by atoms with E-state index in [4.69, 9.17) is 9.15 Å². The van der Waals surface area contributed by atoms with Gasteiger partial charge in [-0.25, -0.2) is 4.98 Å². The molecule has 0 saturated heterocycles. The van der Waals surface area contributed by atoms with E-state index in [1.807, 2.05) is 36.4 Å². The zero-order chi connectivity index (χ0) is 17.9. The highest BCUT2D eigenvalue weighted by atomic mass is 16.5. The monoisotopic (exact) mass is 345 g/mol. The Labute approximate surface area is 155 Å². The predicted octanol–water partition coefficient (Wildman–Crippen LogP) is 4.81. The number of aryl methyl sites for hydroxylation is 2. The highest BCUT2D eigenvalue weighted by Gasteiger charge is 2.01. The number of nitrogens with zero attached hydrogens (tertiary/aromatic N) is 1. The van der Waals surface area contributed by atoms with E-state index in [1.165, 1.54) is 11.1 Å². The minimum absolute atomic E-state index is 0.498. The molecule has 1 aromatic heterocycles. The van der Waals surface area contributed by atoms with Gasteiger partial charge in [0.1, 0.15) is 6.26 Å². The molecule has 0 aliphatic rings. The van der Waals surface area contributed by atoms with Crippen LogP contribution >= 0.6 is 0 Å². The quantitative estimate of drug-likeness (QED) is 0.434. The Hall–Kier alpha value is -2.83. The second-order valence-corrected chi connectivity index (χ2v) is 6.07. The molecule has 3 rings (SSSR count). The summed E-state index contributed by atoms with van der Waals surface area (Å²) in [7, 11) is 0. The van der Waals surface area contributed by atoms with Crippen LogP contribution in [0.1, 0.15) is 35.6 Å². The molecule has 0 unspecified atom stereocenters.